The molecule has 0 saturated carbocycles. The largest absolute Gasteiger partial charge is 0.486 e. The van der Waals surface area contributed by atoms with E-state index in [1.807, 2.05) is 72.9 Å². The second-order valence-corrected chi connectivity index (χ2v) is 22.9. The number of imidazole rings is 1. The summed E-state index contributed by atoms with van der Waals surface area (Å²) in [5.41, 5.74) is 13.1. The molecule has 6 aromatic carbocycles. The molecule has 0 aliphatic rings. The Labute approximate surface area is 389 Å². The summed E-state index contributed by atoms with van der Waals surface area (Å²) >= 11 is 0. The average Bonchev–Trinajstić information content (AvgIpc) is 3.88. The number of hydrogen-bond acceptors (Lipinski definition) is 4. The zero-order valence-corrected chi connectivity index (χ0v) is 39.9. The first-order valence-corrected chi connectivity index (χ1v) is 24.5. The van der Waals surface area contributed by atoms with Crippen molar-refractivity contribution in [3.8, 4) is 50.7 Å². The summed E-state index contributed by atoms with van der Waals surface area (Å²) in [5, 5.41) is 3.26. The third kappa shape index (κ3) is 8.74. The van der Waals surface area contributed by atoms with E-state index >= 15 is 0 Å². The molecule has 63 heavy (non-hydrogen) atoms. The Balaban J connectivity index is 0.000000295. The van der Waals surface area contributed by atoms with Crippen LogP contribution in [0.1, 0.15) is 41.6 Å². The zero-order chi connectivity index (χ0) is 45.7. The molecule has 315 valence electrons. The van der Waals surface area contributed by atoms with Crippen molar-refractivity contribution in [3.63, 3.8) is 0 Å². The van der Waals surface area contributed by atoms with E-state index in [0.717, 1.165) is 72.4 Å². The van der Waals surface area contributed by atoms with Gasteiger partial charge in [-0.2, -0.15) is 0 Å². The first-order valence-electron chi connectivity index (χ1n) is 22.5. The van der Waals surface area contributed by atoms with Crippen molar-refractivity contribution < 1.29 is 28.6 Å². The molecule has 4 heterocycles. The van der Waals surface area contributed by atoms with E-state index in [4.69, 9.17) is 18.5 Å². The van der Waals surface area contributed by atoms with Crippen LogP contribution >= 0.6 is 0 Å². The van der Waals surface area contributed by atoms with Crippen LogP contribution in [0.5, 0.6) is 0 Å². The molecule has 1 radical (unpaired) electrons. The Hall–Kier alpha value is -6.24. The van der Waals surface area contributed by atoms with Gasteiger partial charge in [0, 0.05) is 52.6 Å². The van der Waals surface area contributed by atoms with Crippen molar-refractivity contribution >= 4 is 46.4 Å². The number of benzene rings is 6. The summed E-state index contributed by atoms with van der Waals surface area (Å²) in [6.45, 7) is 13.6. The van der Waals surface area contributed by atoms with Gasteiger partial charge in [0.2, 0.25) is 5.71 Å². The third-order valence-electron chi connectivity index (χ3n) is 11.4. The fraction of sp³-hybridized carbons (Fsp3) is 0.161. The van der Waals surface area contributed by atoms with Gasteiger partial charge in [-0.15, -0.1) is 53.6 Å². The minimum absolute atomic E-state index is 0. The molecule has 0 unspecified atom stereocenters. The molecular weight excluding hydrogens is 965 g/mol. The van der Waals surface area contributed by atoms with E-state index in [9.17, 15) is 0 Å². The maximum absolute atomic E-state index is 7.72. The fourth-order valence-electron chi connectivity index (χ4n) is 7.87. The Morgan fingerprint density at radius 1 is 0.730 bits per heavy atom. The van der Waals surface area contributed by atoms with Gasteiger partial charge < -0.3 is 14.0 Å². The van der Waals surface area contributed by atoms with E-state index in [2.05, 4.69) is 130 Å². The summed E-state index contributed by atoms with van der Waals surface area (Å²) in [4.78, 5) is 14.6. The predicted molar refractivity (Wildman–Crippen MR) is 261 cm³/mol. The molecule has 4 aromatic heterocycles. The van der Waals surface area contributed by atoms with Gasteiger partial charge in [-0.3, -0.25) is 4.98 Å². The van der Waals surface area contributed by atoms with Crippen LogP contribution in [0.4, 0.5) is 0 Å². The minimum Gasteiger partial charge on any atom is -0.486 e. The van der Waals surface area contributed by atoms with Crippen LogP contribution in [0.2, 0.25) is 19.6 Å². The second-order valence-electron chi connectivity index (χ2n) is 17.8. The molecule has 0 spiro atoms. The van der Waals surface area contributed by atoms with Gasteiger partial charge in [0.15, 0.2) is 0 Å². The van der Waals surface area contributed by atoms with Gasteiger partial charge in [0.1, 0.15) is 0 Å². The fourth-order valence-corrected chi connectivity index (χ4v) is 8.90. The molecule has 0 amide bonds. The number of aryl methyl sites for hydroxylation is 2. The molecule has 0 fully saturated rings. The molecule has 0 atom stereocenters. The van der Waals surface area contributed by atoms with Crippen LogP contribution in [0.3, 0.4) is 0 Å². The van der Waals surface area contributed by atoms with Crippen molar-refractivity contribution in [3.05, 3.63) is 187 Å². The van der Waals surface area contributed by atoms with Crippen LogP contribution in [-0.2, 0) is 25.5 Å². The molecule has 7 heteroatoms. The van der Waals surface area contributed by atoms with Crippen LogP contribution in [0.25, 0.3) is 83.8 Å². The molecule has 5 nitrogen and oxygen atoms in total. The van der Waals surface area contributed by atoms with Crippen molar-refractivity contribution in [1.82, 2.24) is 19.5 Å². The van der Waals surface area contributed by atoms with Gasteiger partial charge in [-0.05, 0) is 70.7 Å². The van der Waals surface area contributed by atoms with Crippen LogP contribution in [0, 0.1) is 25.9 Å². The number of hydrogen-bond donors (Lipinski definition) is 0. The van der Waals surface area contributed by atoms with E-state index < -0.39 is 14.9 Å². The number of pyridine rings is 2. The molecule has 0 saturated heterocycles. The van der Waals surface area contributed by atoms with Crippen LogP contribution in [0.15, 0.2) is 162 Å². The average molecular weight is 1020 g/mol. The van der Waals surface area contributed by atoms with Crippen LogP contribution < -0.4 is 5.19 Å². The Morgan fingerprint density at radius 2 is 1.48 bits per heavy atom. The Morgan fingerprint density at radius 3 is 2.17 bits per heavy atom. The van der Waals surface area contributed by atoms with Crippen molar-refractivity contribution in [2.75, 3.05) is 0 Å². The Kier molecular flexibility index (Phi) is 11.0. The number of rotatable bonds is 6. The minimum atomic E-state index is -2.16. The predicted octanol–water partition coefficient (Wildman–Crippen LogP) is 14.1. The molecule has 10 rings (SSSR count). The third-order valence-corrected chi connectivity index (χ3v) is 13.4. The van der Waals surface area contributed by atoms with Gasteiger partial charge in [0.05, 0.1) is 36.2 Å². The summed E-state index contributed by atoms with van der Waals surface area (Å²) in [6, 6.07) is 57.2. The topological polar surface area (TPSA) is 56.7 Å². The Bertz CT molecular complexity index is 3310. The van der Waals surface area contributed by atoms with Gasteiger partial charge >= 0.3 is 0 Å². The van der Waals surface area contributed by atoms with Gasteiger partial charge in [0.25, 0.3) is 0 Å². The van der Waals surface area contributed by atoms with Gasteiger partial charge in [-0.1, -0.05) is 149 Å². The smallest absolute Gasteiger partial charge is 0.216 e. The maximum Gasteiger partial charge on any atom is 0.216 e. The first-order chi connectivity index (χ1) is 31.0. The number of para-hydroxylation sites is 2. The van der Waals surface area contributed by atoms with Crippen molar-refractivity contribution in [1.29, 1.82) is 0 Å². The maximum atomic E-state index is 7.72. The van der Waals surface area contributed by atoms with E-state index in [1.165, 1.54) is 10.8 Å². The molecule has 10 aromatic rings. The second kappa shape index (κ2) is 17.5. The summed E-state index contributed by atoms with van der Waals surface area (Å²) in [7, 11) is -1.23. The molecular formula is C56H50IrN4OSi-2. The monoisotopic (exact) mass is 1020 g/mol. The number of aromatic nitrogens is 4. The van der Waals surface area contributed by atoms with Crippen molar-refractivity contribution in [2.24, 2.45) is 0 Å². The summed E-state index contributed by atoms with van der Waals surface area (Å²) in [5.74, 6) is 0.728. The van der Waals surface area contributed by atoms with Crippen molar-refractivity contribution in [2.45, 2.75) is 59.6 Å². The van der Waals surface area contributed by atoms with Crippen LogP contribution in [-0.4, -0.2) is 27.6 Å². The molecule has 0 aliphatic carbocycles. The van der Waals surface area contributed by atoms with Gasteiger partial charge in [-0.25, -0.2) is 4.98 Å². The van der Waals surface area contributed by atoms with E-state index in [1.54, 1.807) is 24.3 Å². The van der Waals surface area contributed by atoms with E-state index in [0.29, 0.717) is 22.6 Å². The number of fused-ring (bicyclic) bond motifs is 4. The summed E-state index contributed by atoms with van der Waals surface area (Å²) in [6.07, 6.45) is 2.02. The zero-order valence-electron chi connectivity index (χ0n) is 39.5. The number of furan rings is 1. The number of nitrogens with zero attached hydrogens (tertiary/aromatic N) is 4. The molecule has 0 aliphatic heterocycles. The SMILES string of the molecule is C[Si](C)(C)c1ccc(-c2[c-]cccc2)nc1.[2H]C([2H])([2H])c1ccc(-c2ccc3c(n2)oc2c(-c4nc5ccccc5n4-c4ccc(C(C)(C)C)cc4-c4ccccc4)[c-]cc(C)c23)cc1.[Ir]. The molecule has 0 N–H and O–H groups in total. The normalized spacial score (nSPS) is 12.6. The quantitative estimate of drug-likeness (QED) is 0.123. The van der Waals surface area contributed by atoms with E-state index in [-0.39, 0.29) is 25.5 Å². The summed E-state index contributed by atoms with van der Waals surface area (Å²) < 4.78 is 32.0. The first kappa shape index (κ1) is 39.6. The molecule has 0 bridgehead atoms. The standard InChI is InChI=1S/C42H34N3O.C14H16NSi.Ir/c1-26-15-18-29(19-16-26)34-23-22-31-38-27(2)17-21-32(39(38)46-41(31)44-34)40-43-35-13-9-10-14-37(35)45(40)36-24-20-30(42(3,4)5)25-33(36)28-11-7-6-8-12-28;1-16(2,3)13-9-10-14(15-11-13)12-7-5-4-6-8-12;/h6-20,22-25H,1-5H3;4-7,9-11H,1-3H3;/q2*-1;/i1D3;;.